The number of para-hydroxylation sites is 1. The van der Waals surface area contributed by atoms with E-state index >= 15 is 0 Å². The van der Waals surface area contributed by atoms with Crippen molar-refractivity contribution in [2.24, 2.45) is 5.73 Å². The van der Waals surface area contributed by atoms with Crippen LogP contribution in [0.2, 0.25) is 0 Å². The van der Waals surface area contributed by atoms with E-state index in [9.17, 15) is 44.1 Å². The highest BCUT2D eigenvalue weighted by atomic mass is 16.5. The summed E-state index contributed by atoms with van der Waals surface area (Å²) in [5.41, 5.74) is 5.77. The van der Waals surface area contributed by atoms with Crippen molar-refractivity contribution in [3.05, 3.63) is 83.4 Å². The number of carboxylic acid groups (broad SMARTS) is 2. The van der Waals surface area contributed by atoms with Crippen molar-refractivity contribution in [1.82, 2.24) is 9.80 Å². The van der Waals surface area contributed by atoms with E-state index in [0.29, 0.717) is 18.4 Å². The molecule has 3 aromatic carbocycles. The summed E-state index contributed by atoms with van der Waals surface area (Å²) in [6.45, 7) is 0.156. The van der Waals surface area contributed by atoms with Gasteiger partial charge in [0, 0.05) is 32.7 Å². The van der Waals surface area contributed by atoms with Crippen LogP contribution in [0.25, 0.3) is 0 Å². The molecule has 0 aliphatic heterocycles. The summed E-state index contributed by atoms with van der Waals surface area (Å²) >= 11 is 0. The van der Waals surface area contributed by atoms with Gasteiger partial charge in [-0.2, -0.15) is 0 Å². The Bertz CT molecular complexity index is 1670. The smallest absolute Gasteiger partial charge is 0.410 e. The Morgan fingerprint density at radius 1 is 0.875 bits per heavy atom. The van der Waals surface area contributed by atoms with Crippen LogP contribution in [0.15, 0.2) is 66.7 Å². The Balaban J connectivity index is 1.76. The van der Waals surface area contributed by atoms with Crippen molar-refractivity contribution in [2.75, 3.05) is 39.3 Å². The molecule has 0 heterocycles. The Morgan fingerprint density at radius 2 is 1.54 bits per heavy atom. The van der Waals surface area contributed by atoms with Gasteiger partial charge in [-0.3, -0.25) is 24.2 Å². The van der Waals surface area contributed by atoms with E-state index in [0.717, 1.165) is 16.9 Å². The van der Waals surface area contributed by atoms with E-state index in [-0.39, 0.29) is 53.6 Å². The Labute approximate surface area is 275 Å². The highest BCUT2D eigenvalue weighted by Crippen LogP contribution is 2.31. The second-order valence-corrected chi connectivity index (χ2v) is 10.6. The van der Waals surface area contributed by atoms with Gasteiger partial charge < -0.3 is 35.4 Å². The summed E-state index contributed by atoms with van der Waals surface area (Å²) in [5.74, 6) is -5.88. The molecule has 0 unspecified atom stereocenters. The quantitative estimate of drug-likeness (QED) is 0.145. The van der Waals surface area contributed by atoms with Crippen LogP contribution in [0, 0.1) is 0 Å². The van der Waals surface area contributed by atoms with Crippen molar-refractivity contribution in [2.45, 2.75) is 25.3 Å². The molecule has 0 saturated carbocycles. The number of aromatic carboxylic acids is 1. The number of phenolic OH excluding ortho intramolecular Hbond substituents is 1. The van der Waals surface area contributed by atoms with E-state index in [2.05, 4.69) is 0 Å². The molecule has 5 N–H and O–H groups in total. The van der Waals surface area contributed by atoms with E-state index in [1.54, 1.807) is 20.2 Å². The van der Waals surface area contributed by atoms with Crippen LogP contribution in [-0.2, 0) is 25.5 Å². The zero-order valence-corrected chi connectivity index (χ0v) is 26.5. The first-order valence-electron chi connectivity index (χ1n) is 14.6. The summed E-state index contributed by atoms with van der Waals surface area (Å²) in [4.78, 5) is 77.1. The Morgan fingerprint density at radius 3 is 2.12 bits per heavy atom. The van der Waals surface area contributed by atoms with Gasteiger partial charge >= 0.3 is 23.9 Å². The summed E-state index contributed by atoms with van der Waals surface area (Å²) in [5, 5.41) is 29.2. The van der Waals surface area contributed by atoms with Gasteiger partial charge in [-0.1, -0.05) is 30.3 Å². The number of amides is 4. The topological polar surface area (TPSA) is 217 Å². The fourth-order valence-corrected chi connectivity index (χ4v) is 4.82. The molecule has 15 nitrogen and oxygen atoms in total. The van der Waals surface area contributed by atoms with E-state index in [1.807, 2.05) is 0 Å². The van der Waals surface area contributed by atoms with E-state index in [4.69, 9.17) is 15.2 Å². The number of carbonyl (C=O) groups is 6. The SMILES string of the molecule is COC(=O)N(CCCCOc1cccc(O)c1C(=O)N(C)C)[C@@H](Cc1ccc(N(C(=O)C(=O)O)c2ccccc2C(=O)O)cc1)C(N)=O. The van der Waals surface area contributed by atoms with Crippen LogP contribution in [0.5, 0.6) is 11.5 Å². The molecule has 0 saturated heterocycles. The summed E-state index contributed by atoms with van der Waals surface area (Å²) in [7, 11) is 4.24. The number of aliphatic carboxylic acids is 1. The monoisotopic (exact) mass is 664 g/mol. The first kappa shape index (κ1) is 36.3. The van der Waals surface area contributed by atoms with Crippen molar-refractivity contribution in [1.29, 1.82) is 0 Å². The predicted octanol–water partition coefficient (Wildman–Crippen LogP) is 2.87. The molecule has 3 rings (SSSR count). The van der Waals surface area contributed by atoms with Crippen LogP contribution in [0.4, 0.5) is 16.2 Å². The molecule has 0 bridgehead atoms. The maximum atomic E-state index is 12.7. The number of benzene rings is 3. The number of unbranched alkanes of at least 4 members (excludes halogenated alkanes) is 1. The molecule has 15 heteroatoms. The third kappa shape index (κ3) is 8.78. The average molecular weight is 665 g/mol. The fraction of sp³-hybridized carbons (Fsp3) is 0.273. The van der Waals surface area contributed by atoms with Crippen LogP contribution in [0.3, 0.4) is 0 Å². The Hall–Kier alpha value is -6.12. The lowest BCUT2D eigenvalue weighted by Crippen LogP contribution is -2.49. The van der Waals surface area contributed by atoms with Gasteiger partial charge in [-0.25, -0.2) is 14.4 Å². The number of carbonyl (C=O) groups excluding carboxylic acids is 4. The normalized spacial score (nSPS) is 11.1. The Kier molecular flexibility index (Phi) is 12.5. The van der Waals surface area contributed by atoms with Gasteiger partial charge in [0.15, 0.2) is 0 Å². The maximum absolute atomic E-state index is 12.7. The van der Waals surface area contributed by atoms with Gasteiger partial charge in [0.05, 0.1) is 25.0 Å². The third-order valence-electron chi connectivity index (χ3n) is 7.17. The minimum atomic E-state index is -1.81. The number of aromatic hydroxyl groups is 1. The van der Waals surface area contributed by atoms with Crippen molar-refractivity contribution < 1.29 is 53.6 Å². The maximum Gasteiger partial charge on any atom is 0.410 e. The van der Waals surface area contributed by atoms with Gasteiger partial charge in [-0.15, -0.1) is 0 Å². The number of anilines is 2. The van der Waals surface area contributed by atoms with E-state index < -0.39 is 41.8 Å². The molecule has 254 valence electrons. The number of hydrogen-bond acceptors (Lipinski definition) is 9. The van der Waals surface area contributed by atoms with Crippen molar-refractivity contribution >= 4 is 47.1 Å². The summed E-state index contributed by atoms with van der Waals surface area (Å²) in [6.07, 6.45) is -0.168. The number of rotatable bonds is 14. The number of primary amides is 1. The first-order valence-corrected chi connectivity index (χ1v) is 14.6. The standard InChI is InChI=1S/C33H36N4O11/c1-35(2)29(40)27-25(38)11-8-12-26(27)48-18-7-6-17-36(33(46)47-3)24(28(34)39)19-20-13-15-21(16-14-20)37(30(41)32(44)45)23-10-5-4-9-22(23)31(42)43/h4-5,8-16,24,38H,6-7,17-19H2,1-3H3,(H2,34,39)(H,42,43)(H,44,45)/t24-/m0/s1. The highest BCUT2D eigenvalue weighted by Gasteiger charge is 2.31. The number of hydrogen-bond donors (Lipinski definition) is 4. The van der Waals surface area contributed by atoms with Gasteiger partial charge in [0.2, 0.25) is 5.91 Å². The van der Waals surface area contributed by atoms with Crippen LogP contribution >= 0.6 is 0 Å². The van der Waals surface area contributed by atoms with Gasteiger partial charge in [-0.05, 0) is 54.8 Å². The zero-order valence-electron chi connectivity index (χ0n) is 26.5. The molecule has 0 aliphatic carbocycles. The molecular formula is C33H36N4O11. The minimum Gasteiger partial charge on any atom is -0.507 e. The highest BCUT2D eigenvalue weighted by molar-refractivity contribution is 6.39. The lowest BCUT2D eigenvalue weighted by atomic mass is 10.0. The lowest BCUT2D eigenvalue weighted by Gasteiger charge is -2.29. The number of ether oxygens (including phenoxy) is 2. The summed E-state index contributed by atoms with van der Waals surface area (Å²) < 4.78 is 10.6. The van der Waals surface area contributed by atoms with Crippen LogP contribution in [-0.4, -0.2) is 101 Å². The second kappa shape index (κ2) is 16.4. The summed E-state index contributed by atoms with van der Waals surface area (Å²) in [6, 6.07) is 14.5. The molecule has 48 heavy (non-hydrogen) atoms. The second-order valence-electron chi connectivity index (χ2n) is 10.6. The third-order valence-corrected chi connectivity index (χ3v) is 7.17. The van der Waals surface area contributed by atoms with Crippen molar-refractivity contribution in [3.63, 3.8) is 0 Å². The number of phenols is 1. The van der Waals surface area contributed by atoms with Crippen molar-refractivity contribution in [3.8, 4) is 11.5 Å². The molecule has 0 aromatic heterocycles. The number of methoxy groups -OCH3 is 1. The molecule has 1 atom stereocenters. The largest absolute Gasteiger partial charge is 0.507 e. The molecule has 0 aliphatic rings. The molecule has 0 fully saturated rings. The fourth-order valence-electron chi connectivity index (χ4n) is 4.82. The molecule has 0 spiro atoms. The molecular weight excluding hydrogens is 628 g/mol. The number of nitrogens with zero attached hydrogens (tertiary/aromatic N) is 3. The lowest BCUT2D eigenvalue weighted by molar-refractivity contribution is -0.148. The van der Waals surface area contributed by atoms with Gasteiger partial charge in [0.25, 0.3) is 5.91 Å². The molecule has 3 aromatic rings. The minimum absolute atomic E-state index is 0.0139. The average Bonchev–Trinajstić information content (AvgIpc) is 3.05. The zero-order chi connectivity index (χ0) is 35.5. The van der Waals surface area contributed by atoms with Crippen LogP contribution in [0.1, 0.15) is 39.1 Å². The number of nitrogens with two attached hydrogens (primary N) is 1. The van der Waals surface area contributed by atoms with Crippen LogP contribution < -0.4 is 15.4 Å². The first-order chi connectivity index (χ1) is 22.8. The number of carboxylic acids is 2. The predicted molar refractivity (Wildman–Crippen MR) is 171 cm³/mol. The molecule has 4 amide bonds. The van der Waals surface area contributed by atoms with Gasteiger partial charge in [0.1, 0.15) is 23.1 Å². The van der Waals surface area contributed by atoms with E-state index in [1.165, 1.54) is 65.6 Å². The molecule has 0 radical (unpaired) electrons.